The molecule has 0 aliphatic rings. The highest BCUT2D eigenvalue weighted by Gasteiger charge is 2.28. The Kier molecular flexibility index (Phi) is 5.93. The van der Waals surface area contributed by atoms with E-state index in [0.29, 0.717) is 12.2 Å². The number of pyridine rings is 1. The third-order valence-electron chi connectivity index (χ3n) is 4.10. The van der Waals surface area contributed by atoms with E-state index < -0.39 is 0 Å². The summed E-state index contributed by atoms with van der Waals surface area (Å²) in [5, 5.41) is 9.77. The van der Waals surface area contributed by atoms with E-state index in [4.69, 9.17) is 0 Å². The van der Waals surface area contributed by atoms with Gasteiger partial charge < -0.3 is 15.0 Å². The molecule has 0 fully saturated rings. The predicted octanol–water partition coefficient (Wildman–Crippen LogP) is 2.34. The van der Waals surface area contributed by atoms with E-state index in [1.54, 1.807) is 11.8 Å². The highest BCUT2D eigenvalue weighted by Crippen LogP contribution is 2.17. The van der Waals surface area contributed by atoms with Crippen LogP contribution in [0.2, 0.25) is 0 Å². The van der Waals surface area contributed by atoms with Gasteiger partial charge in [-0.05, 0) is 18.4 Å². The predicted molar refractivity (Wildman–Crippen MR) is 93.8 cm³/mol. The van der Waals surface area contributed by atoms with E-state index in [2.05, 4.69) is 4.98 Å². The molecule has 0 aliphatic heterocycles. The third-order valence-corrected chi connectivity index (χ3v) is 4.10. The molecule has 0 saturated carbocycles. The summed E-state index contributed by atoms with van der Waals surface area (Å²) in [6.45, 7) is 5.86. The molecular formula is C19H24N2O3. The topological polar surface area (TPSA) is 73.4 Å². The van der Waals surface area contributed by atoms with E-state index in [9.17, 15) is 14.7 Å². The van der Waals surface area contributed by atoms with Crippen molar-refractivity contribution in [1.29, 1.82) is 0 Å². The molecule has 1 aromatic carbocycles. The molecule has 0 radical (unpaired) electrons. The standard InChI is InChI=1S/C19H24N2O3/c1-13(2)17(12-22)21(11-15-7-5-4-6-8-15)19(24)16-10-20-14(3)9-18(16)23/h4-10,13,17,22H,11-12H2,1-3H3,(H,20,23)/t17-/m0/s1. The summed E-state index contributed by atoms with van der Waals surface area (Å²) in [6.07, 6.45) is 1.45. The van der Waals surface area contributed by atoms with Gasteiger partial charge in [-0.3, -0.25) is 9.59 Å². The molecule has 2 N–H and O–H groups in total. The van der Waals surface area contributed by atoms with Crippen LogP contribution in [0.1, 0.15) is 35.5 Å². The Morgan fingerprint density at radius 1 is 1.25 bits per heavy atom. The summed E-state index contributed by atoms with van der Waals surface area (Å²) >= 11 is 0. The minimum atomic E-state index is -0.368. The van der Waals surface area contributed by atoms with Gasteiger partial charge in [-0.15, -0.1) is 0 Å². The first-order valence-electron chi connectivity index (χ1n) is 8.09. The number of benzene rings is 1. The van der Waals surface area contributed by atoms with E-state index in [1.165, 1.54) is 12.3 Å². The van der Waals surface area contributed by atoms with Crippen LogP contribution in [0.4, 0.5) is 0 Å². The fourth-order valence-corrected chi connectivity index (χ4v) is 2.68. The molecular weight excluding hydrogens is 304 g/mol. The van der Waals surface area contributed by atoms with Gasteiger partial charge in [0.15, 0.2) is 5.43 Å². The van der Waals surface area contributed by atoms with Crippen molar-refractivity contribution >= 4 is 5.91 Å². The van der Waals surface area contributed by atoms with Crippen LogP contribution in [0.3, 0.4) is 0 Å². The summed E-state index contributed by atoms with van der Waals surface area (Å²) in [5.41, 5.74) is 1.44. The number of aliphatic hydroxyl groups is 1. The van der Waals surface area contributed by atoms with Gasteiger partial charge >= 0.3 is 0 Å². The minimum absolute atomic E-state index is 0.0622. The zero-order chi connectivity index (χ0) is 17.7. The van der Waals surface area contributed by atoms with Crippen LogP contribution >= 0.6 is 0 Å². The summed E-state index contributed by atoms with van der Waals surface area (Å²) in [4.78, 5) is 29.7. The molecule has 2 rings (SSSR count). The van der Waals surface area contributed by atoms with E-state index in [0.717, 1.165) is 5.56 Å². The lowest BCUT2D eigenvalue weighted by atomic mass is 10.0. The van der Waals surface area contributed by atoms with Crippen molar-refractivity contribution in [3.05, 3.63) is 69.6 Å². The second kappa shape index (κ2) is 7.93. The van der Waals surface area contributed by atoms with E-state index >= 15 is 0 Å². The highest BCUT2D eigenvalue weighted by molar-refractivity contribution is 5.94. The molecule has 5 nitrogen and oxygen atoms in total. The van der Waals surface area contributed by atoms with Gasteiger partial charge in [-0.25, -0.2) is 0 Å². The van der Waals surface area contributed by atoms with Crippen LogP contribution in [0.25, 0.3) is 0 Å². The smallest absolute Gasteiger partial charge is 0.259 e. The zero-order valence-electron chi connectivity index (χ0n) is 14.3. The molecule has 2 aromatic rings. The first-order chi connectivity index (χ1) is 11.4. The van der Waals surface area contributed by atoms with Crippen molar-refractivity contribution in [2.75, 3.05) is 6.61 Å². The molecule has 1 heterocycles. The zero-order valence-corrected chi connectivity index (χ0v) is 14.3. The Bertz CT molecular complexity index is 738. The van der Waals surface area contributed by atoms with Gasteiger partial charge in [0.25, 0.3) is 5.91 Å². The van der Waals surface area contributed by atoms with Gasteiger partial charge in [0.1, 0.15) is 5.56 Å². The Hall–Kier alpha value is -2.40. The van der Waals surface area contributed by atoms with Crippen LogP contribution in [-0.2, 0) is 6.54 Å². The van der Waals surface area contributed by atoms with Crippen LogP contribution in [0, 0.1) is 12.8 Å². The lowest BCUT2D eigenvalue weighted by Crippen LogP contribution is -2.46. The SMILES string of the molecule is Cc1cc(=O)c(C(=O)N(Cc2ccccc2)[C@@H](CO)C(C)C)c[nH]1. The fourth-order valence-electron chi connectivity index (χ4n) is 2.68. The quantitative estimate of drug-likeness (QED) is 0.855. The van der Waals surface area contributed by atoms with Crippen molar-refractivity contribution < 1.29 is 9.90 Å². The normalized spacial score (nSPS) is 12.2. The summed E-state index contributed by atoms with van der Waals surface area (Å²) in [7, 11) is 0. The van der Waals surface area contributed by atoms with Crippen LogP contribution < -0.4 is 5.43 Å². The van der Waals surface area contributed by atoms with Crippen molar-refractivity contribution in [3.8, 4) is 0 Å². The van der Waals surface area contributed by atoms with Crippen molar-refractivity contribution in [3.63, 3.8) is 0 Å². The van der Waals surface area contributed by atoms with Crippen molar-refractivity contribution in [2.24, 2.45) is 5.92 Å². The summed E-state index contributed by atoms with van der Waals surface area (Å²) < 4.78 is 0. The third kappa shape index (κ3) is 4.11. The number of hydrogen-bond donors (Lipinski definition) is 2. The molecule has 0 spiro atoms. The number of aliphatic hydroxyl groups excluding tert-OH is 1. The highest BCUT2D eigenvalue weighted by atomic mass is 16.3. The number of aryl methyl sites for hydroxylation is 1. The minimum Gasteiger partial charge on any atom is -0.394 e. The Morgan fingerprint density at radius 3 is 2.46 bits per heavy atom. The maximum atomic E-state index is 13.0. The van der Waals surface area contributed by atoms with Gasteiger partial charge in [0, 0.05) is 24.5 Å². The molecule has 0 unspecified atom stereocenters. The molecule has 1 aromatic heterocycles. The second-order valence-electron chi connectivity index (χ2n) is 6.31. The molecule has 1 amide bonds. The maximum Gasteiger partial charge on any atom is 0.259 e. The Labute approximate surface area is 142 Å². The van der Waals surface area contributed by atoms with Crippen molar-refractivity contribution in [1.82, 2.24) is 9.88 Å². The van der Waals surface area contributed by atoms with Crippen LogP contribution in [0.15, 0.2) is 47.4 Å². The van der Waals surface area contributed by atoms with Gasteiger partial charge in [0.2, 0.25) is 0 Å². The first-order valence-corrected chi connectivity index (χ1v) is 8.09. The van der Waals surface area contributed by atoms with Crippen LogP contribution in [-0.4, -0.2) is 33.5 Å². The van der Waals surface area contributed by atoms with Gasteiger partial charge in [0.05, 0.1) is 12.6 Å². The number of aromatic amines is 1. The molecule has 1 atom stereocenters. The van der Waals surface area contributed by atoms with E-state index in [1.807, 2.05) is 44.2 Å². The number of carbonyl (C=O) groups is 1. The van der Waals surface area contributed by atoms with Crippen LogP contribution in [0.5, 0.6) is 0 Å². The summed E-state index contributed by atoms with van der Waals surface area (Å²) in [6, 6.07) is 10.6. The molecule has 0 aliphatic carbocycles. The molecule has 0 bridgehead atoms. The fraction of sp³-hybridized carbons (Fsp3) is 0.368. The maximum absolute atomic E-state index is 13.0. The average molecular weight is 328 g/mol. The monoisotopic (exact) mass is 328 g/mol. The first kappa shape index (κ1) is 17.9. The molecule has 5 heteroatoms. The number of aromatic nitrogens is 1. The number of nitrogens with zero attached hydrogens (tertiary/aromatic N) is 1. The number of rotatable bonds is 6. The van der Waals surface area contributed by atoms with Gasteiger partial charge in [-0.1, -0.05) is 44.2 Å². The molecule has 24 heavy (non-hydrogen) atoms. The lowest BCUT2D eigenvalue weighted by Gasteiger charge is -2.33. The number of H-pyrrole nitrogens is 1. The van der Waals surface area contributed by atoms with Gasteiger partial charge in [-0.2, -0.15) is 0 Å². The molecule has 0 saturated heterocycles. The Balaban J connectivity index is 2.40. The number of amides is 1. The summed E-state index contributed by atoms with van der Waals surface area (Å²) in [5.74, 6) is -0.306. The molecule has 128 valence electrons. The number of carbonyl (C=O) groups excluding carboxylic acids is 1. The number of nitrogens with one attached hydrogen (secondary N) is 1. The van der Waals surface area contributed by atoms with Crippen molar-refractivity contribution in [2.45, 2.75) is 33.4 Å². The number of hydrogen-bond acceptors (Lipinski definition) is 3. The lowest BCUT2D eigenvalue weighted by molar-refractivity contribution is 0.0480. The Morgan fingerprint density at radius 2 is 1.92 bits per heavy atom. The largest absolute Gasteiger partial charge is 0.394 e. The average Bonchev–Trinajstić information content (AvgIpc) is 2.54. The second-order valence-corrected chi connectivity index (χ2v) is 6.31. The van der Waals surface area contributed by atoms with E-state index in [-0.39, 0.29) is 35.5 Å².